The first-order valence-electron chi connectivity index (χ1n) is 6.15. The van der Waals surface area contributed by atoms with Crippen molar-refractivity contribution in [1.29, 1.82) is 0 Å². The number of rotatable bonds is 3. The maximum atomic E-state index is 11.6. The van der Waals surface area contributed by atoms with Gasteiger partial charge in [-0.15, -0.1) is 11.3 Å². The number of hydrogen-bond donors (Lipinski definition) is 2. The molecule has 2 aliphatic carbocycles. The van der Waals surface area contributed by atoms with Crippen molar-refractivity contribution < 1.29 is 14.7 Å². The first-order valence-corrected chi connectivity index (χ1v) is 6.97. The van der Waals surface area contributed by atoms with E-state index in [9.17, 15) is 9.59 Å². The Bertz CT molecular complexity index is 507. The second-order valence-corrected chi connectivity index (χ2v) is 6.01. The number of aromatic nitrogens is 1. The highest BCUT2D eigenvalue weighted by atomic mass is 32.1. The highest BCUT2D eigenvalue weighted by Crippen LogP contribution is 2.34. The van der Waals surface area contributed by atoms with E-state index in [0.29, 0.717) is 24.4 Å². The number of fused-ring (bicyclic) bond motifs is 1. The summed E-state index contributed by atoms with van der Waals surface area (Å²) in [5.74, 6) is -0.823. The molecule has 0 saturated heterocycles. The monoisotopic (exact) mass is 266 g/mol. The van der Waals surface area contributed by atoms with Crippen molar-refractivity contribution in [3.8, 4) is 0 Å². The molecule has 0 spiro atoms. The van der Waals surface area contributed by atoms with Gasteiger partial charge in [0.15, 0.2) is 5.13 Å². The van der Waals surface area contributed by atoms with Gasteiger partial charge in [0.05, 0.1) is 11.6 Å². The fraction of sp³-hybridized carbons (Fsp3) is 0.583. The Morgan fingerprint density at radius 3 is 2.72 bits per heavy atom. The van der Waals surface area contributed by atoms with Gasteiger partial charge >= 0.3 is 5.97 Å². The Hall–Kier alpha value is -1.43. The molecule has 3 rings (SSSR count). The average Bonchev–Trinajstić information content (AvgIpc) is 3.09. The SMILES string of the molecule is O=C(O)C1CCc2nc(NC(=O)C3CC3)sc2C1. The number of nitrogens with zero attached hydrogens (tertiary/aromatic N) is 1. The van der Waals surface area contributed by atoms with Crippen LogP contribution in [0.25, 0.3) is 0 Å². The van der Waals surface area contributed by atoms with Gasteiger partial charge in [-0.1, -0.05) is 0 Å². The van der Waals surface area contributed by atoms with Crippen molar-refractivity contribution in [3.63, 3.8) is 0 Å². The molecule has 18 heavy (non-hydrogen) atoms. The minimum Gasteiger partial charge on any atom is -0.481 e. The van der Waals surface area contributed by atoms with E-state index in [1.54, 1.807) is 0 Å². The van der Waals surface area contributed by atoms with Crippen LogP contribution >= 0.6 is 11.3 Å². The highest BCUT2D eigenvalue weighted by molar-refractivity contribution is 7.15. The number of aryl methyl sites for hydroxylation is 1. The van der Waals surface area contributed by atoms with Crippen LogP contribution in [-0.2, 0) is 22.4 Å². The summed E-state index contributed by atoms with van der Waals surface area (Å²) in [7, 11) is 0. The average molecular weight is 266 g/mol. The van der Waals surface area contributed by atoms with Gasteiger partial charge in [-0.2, -0.15) is 0 Å². The number of carbonyl (C=O) groups excluding carboxylic acids is 1. The molecule has 0 aliphatic heterocycles. The molecule has 5 nitrogen and oxygen atoms in total. The van der Waals surface area contributed by atoms with E-state index in [1.807, 2.05) is 0 Å². The smallest absolute Gasteiger partial charge is 0.306 e. The van der Waals surface area contributed by atoms with Crippen molar-refractivity contribution in [2.24, 2.45) is 11.8 Å². The molecule has 2 N–H and O–H groups in total. The van der Waals surface area contributed by atoms with Gasteiger partial charge < -0.3 is 10.4 Å². The van der Waals surface area contributed by atoms with Gasteiger partial charge in [-0.3, -0.25) is 9.59 Å². The highest BCUT2D eigenvalue weighted by Gasteiger charge is 2.31. The minimum atomic E-state index is -0.738. The van der Waals surface area contributed by atoms with Crippen LogP contribution < -0.4 is 5.32 Å². The molecule has 0 radical (unpaired) electrons. The van der Waals surface area contributed by atoms with Gasteiger partial charge in [-0.05, 0) is 32.1 Å². The molecule has 1 heterocycles. The summed E-state index contributed by atoms with van der Waals surface area (Å²) in [5, 5.41) is 12.5. The molecular weight excluding hydrogens is 252 g/mol. The third kappa shape index (κ3) is 2.25. The summed E-state index contributed by atoms with van der Waals surface area (Å²) >= 11 is 1.42. The molecule has 1 atom stereocenters. The molecule has 1 unspecified atom stereocenters. The molecule has 1 amide bonds. The lowest BCUT2D eigenvalue weighted by Crippen LogP contribution is -2.21. The van der Waals surface area contributed by atoms with E-state index in [4.69, 9.17) is 5.11 Å². The van der Waals surface area contributed by atoms with Crippen LogP contribution in [0, 0.1) is 11.8 Å². The van der Waals surface area contributed by atoms with Crippen LogP contribution in [0.5, 0.6) is 0 Å². The number of hydrogen-bond acceptors (Lipinski definition) is 4. The topological polar surface area (TPSA) is 79.3 Å². The molecule has 96 valence electrons. The number of anilines is 1. The van der Waals surface area contributed by atoms with Crippen LogP contribution in [0.3, 0.4) is 0 Å². The zero-order valence-corrected chi connectivity index (χ0v) is 10.6. The molecule has 1 saturated carbocycles. The molecule has 0 aromatic carbocycles. The lowest BCUT2D eigenvalue weighted by atomic mass is 9.91. The predicted octanol–water partition coefficient (Wildman–Crippen LogP) is 1.68. The third-order valence-corrected chi connectivity index (χ3v) is 4.50. The van der Waals surface area contributed by atoms with Gasteiger partial charge in [0.2, 0.25) is 5.91 Å². The van der Waals surface area contributed by atoms with E-state index < -0.39 is 5.97 Å². The number of thiazole rings is 1. The zero-order chi connectivity index (χ0) is 12.7. The van der Waals surface area contributed by atoms with Gasteiger partial charge in [0, 0.05) is 10.8 Å². The van der Waals surface area contributed by atoms with Crippen molar-refractivity contribution >= 4 is 28.3 Å². The first kappa shape index (κ1) is 11.6. The molecule has 6 heteroatoms. The normalized spacial score (nSPS) is 22.3. The first-order chi connectivity index (χ1) is 8.63. The quantitative estimate of drug-likeness (QED) is 0.872. The van der Waals surface area contributed by atoms with Crippen LogP contribution in [0.2, 0.25) is 0 Å². The molecule has 1 aromatic rings. The summed E-state index contributed by atoms with van der Waals surface area (Å²) in [4.78, 5) is 28.0. The molecule has 1 fully saturated rings. The van der Waals surface area contributed by atoms with Crippen LogP contribution in [0.4, 0.5) is 5.13 Å². The van der Waals surface area contributed by atoms with Gasteiger partial charge in [-0.25, -0.2) is 4.98 Å². The maximum Gasteiger partial charge on any atom is 0.306 e. The second kappa shape index (κ2) is 4.35. The third-order valence-electron chi connectivity index (χ3n) is 3.47. The minimum absolute atomic E-state index is 0.0517. The summed E-state index contributed by atoms with van der Waals surface area (Å²) < 4.78 is 0. The lowest BCUT2D eigenvalue weighted by Gasteiger charge is -2.16. The fourth-order valence-electron chi connectivity index (χ4n) is 2.19. The van der Waals surface area contributed by atoms with E-state index in [-0.39, 0.29) is 17.7 Å². The summed E-state index contributed by atoms with van der Waals surface area (Å²) in [6.07, 6.45) is 3.82. The number of carbonyl (C=O) groups is 2. The van der Waals surface area contributed by atoms with Crippen molar-refractivity contribution in [3.05, 3.63) is 10.6 Å². The van der Waals surface area contributed by atoms with E-state index >= 15 is 0 Å². The largest absolute Gasteiger partial charge is 0.481 e. The number of amides is 1. The Morgan fingerprint density at radius 1 is 1.28 bits per heavy atom. The van der Waals surface area contributed by atoms with Crippen molar-refractivity contribution in [2.45, 2.75) is 32.1 Å². The number of carboxylic acid groups (broad SMARTS) is 1. The standard InChI is InChI=1S/C12H14N2O3S/c15-10(6-1-2-6)14-12-13-8-4-3-7(11(16)17)5-9(8)18-12/h6-7H,1-5H2,(H,16,17)(H,13,14,15). The lowest BCUT2D eigenvalue weighted by molar-refractivity contribution is -0.142. The van der Waals surface area contributed by atoms with Crippen molar-refractivity contribution in [2.75, 3.05) is 5.32 Å². The van der Waals surface area contributed by atoms with E-state index in [1.165, 1.54) is 11.3 Å². The summed E-state index contributed by atoms with van der Waals surface area (Å²) in [5.41, 5.74) is 0.962. The summed E-state index contributed by atoms with van der Waals surface area (Å²) in [6, 6.07) is 0. The number of nitrogens with one attached hydrogen (secondary N) is 1. The van der Waals surface area contributed by atoms with Crippen LogP contribution in [-0.4, -0.2) is 22.0 Å². The number of aliphatic carboxylic acids is 1. The van der Waals surface area contributed by atoms with E-state index in [2.05, 4.69) is 10.3 Å². The maximum absolute atomic E-state index is 11.6. The summed E-state index contributed by atoms with van der Waals surface area (Å²) in [6.45, 7) is 0. The Kier molecular flexibility index (Phi) is 2.81. The Morgan fingerprint density at radius 2 is 2.06 bits per heavy atom. The number of carboxylic acids is 1. The predicted molar refractivity (Wildman–Crippen MR) is 66.6 cm³/mol. The molecular formula is C12H14N2O3S. The van der Waals surface area contributed by atoms with Crippen molar-refractivity contribution in [1.82, 2.24) is 4.98 Å². The van der Waals surface area contributed by atoms with Crippen LogP contribution in [0.1, 0.15) is 29.8 Å². The van der Waals surface area contributed by atoms with Gasteiger partial charge in [0.1, 0.15) is 0 Å². The van der Waals surface area contributed by atoms with Crippen LogP contribution in [0.15, 0.2) is 0 Å². The Balaban J connectivity index is 1.72. The Labute approximate surface area is 108 Å². The second-order valence-electron chi connectivity index (χ2n) is 4.93. The zero-order valence-electron chi connectivity index (χ0n) is 9.81. The molecule has 2 aliphatic rings. The molecule has 1 aromatic heterocycles. The fourth-order valence-corrected chi connectivity index (χ4v) is 3.28. The van der Waals surface area contributed by atoms with E-state index in [0.717, 1.165) is 23.4 Å². The van der Waals surface area contributed by atoms with Gasteiger partial charge in [0.25, 0.3) is 0 Å². The molecule has 0 bridgehead atoms.